The molecule has 1 aliphatic rings. The first-order chi connectivity index (χ1) is 14.1. The molecule has 0 amide bonds. The van der Waals surface area contributed by atoms with Gasteiger partial charge in [-0.25, -0.2) is 9.48 Å². The van der Waals surface area contributed by atoms with Gasteiger partial charge in [0, 0.05) is 43.5 Å². The Hall–Kier alpha value is -2.00. The van der Waals surface area contributed by atoms with Crippen molar-refractivity contribution in [2.75, 3.05) is 26.3 Å². The van der Waals surface area contributed by atoms with E-state index in [1.807, 2.05) is 55.1 Å². The first-order valence-electron chi connectivity index (χ1n) is 9.92. The van der Waals surface area contributed by atoms with Gasteiger partial charge in [-0.15, -0.1) is 5.10 Å². The summed E-state index contributed by atoms with van der Waals surface area (Å²) >= 11 is 5.52. The van der Waals surface area contributed by atoms with Crippen molar-refractivity contribution in [2.24, 2.45) is 0 Å². The fraction of sp³-hybridized carbons (Fsp3) is 0.550. The first kappa shape index (κ1) is 21.7. The van der Waals surface area contributed by atoms with Gasteiger partial charge in [-0.1, -0.05) is 35.5 Å². The average molecular weight is 423 g/mol. The van der Waals surface area contributed by atoms with Gasteiger partial charge in [0.2, 0.25) is 6.29 Å². The van der Waals surface area contributed by atoms with Gasteiger partial charge in [-0.3, -0.25) is 4.90 Å². The molecular weight excluding hydrogens is 396 g/mol. The van der Waals surface area contributed by atoms with E-state index in [2.05, 4.69) is 15.2 Å². The molecule has 1 aliphatic heterocycles. The van der Waals surface area contributed by atoms with E-state index in [1.54, 1.807) is 0 Å². The highest BCUT2D eigenvalue weighted by atomic mass is 35.5. The zero-order valence-electron chi connectivity index (χ0n) is 16.7. The number of carbonyl (C=O) groups is 1. The number of rotatable bonds is 9. The maximum absolute atomic E-state index is 11.4. The highest BCUT2D eigenvalue weighted by molar-refractivity contribution is 6.61. The molecule has 0 N–H and O–H groups in total. The molecule has 8 nitrogen and oxygen atoms in total. The van der Waals surface area contributed by atoms with Crippen LogP contribution in [0.2, 0.25) is 0 Å². The van der Waals surface area contributed by atoms with Gasteiger partial charge in [-0.05, 0) is 26.7 Å². The third kappa shape index (κ3) is 5.76. The number of piperidine rings is 1. The summed E-state index contributed by atoms with van der Waals surface area (Å²) in [6.45, 7) is 6.39. The summed E-state index contributed by atoms with van der Waals surface area (Å²) in [5, 5.41) is 8.52. The molecule has 1 aromatic heterocycles. The second-order valence-electron chi connectivity index (χ2n) is 6.75. The van der Waals surface area contributed by atoms with Crippen LogP contribution in [0.1, 0.15) is 56.5 Å². The minimum Gasteiger partial charge on any atom is -0.430 e. The molecule has 1 fully saturated rings. The van der Waals surface area contributed by atoms with Crippen LogP contribution in [-0.2, 0) is 14.2 Å². The summed E-state index contributed by atoms with van der Waals surface area (Å²) in [6, 6.07) is 9.83. The molecule has 1 unspecified atom stereocenters. The van der Waals surface area contributed by atoms with Crippen LogP contribution < -0.4 is 0 Å². The molecule has 0 saturated carbocycles. The lowest BCUT2D eigenvalue weighted by molar-refractivity contribution is -0.142. The topological polar surface area (TPSA) is 78.7 Å². The van der Waals surface area contributed by atoms with Gasteiger partial charge in [0.15, 0.2) is 6.23 Å². The normalized spacial score (nSPS) is 16.8. The summed E-state index contributed by atoms with van der Waals surface area (Å²) in [6.07, 6.45) is 2.60. The molecule has 0 radical (unpaired) electrons. The van der Waals surface area contributed by atoms with Gasteiger partial charge in [0.1, 0.15) is 5.69 Å². The number of hydrogen-bond acceptors (Lipinski definition) is 7. The van der Waals surface area contributed by atoms with Crippen molar-refractivity contribution < 1.29 is 19.0 Å². The van der Waals surface area contributed by atoms with E-state index in [-0.39, 0.29) is 6.04 Å². The number of ether oxygens (including phenoxy) is 3. The Kier molecular flexibility index (Phi) is 8.00. The van der Waals surface area contributed by atoms with Crippen LogP contribution in [0.3, 0.4) is 0 Å². The van der Waals surface area contributed by atoms with E-state index in [1.165, 1.54) is 0 Å². The Balaban J connectivity index is 1.64. The summed E-state index contributed by atoms with van der Waals surface area (Å²) < 4.78 is 18.5. The fourth-order valence-electron chi connectivity index (χ4n) is 3.54. The molecule has 29 heavy (non-hydrogen) atoms. The largest absolute Gasteiger partial charge is 0.430 e. The lowest BCUT2D eigenvalue weighted by Crippen LogP contribution is -2.39. The van der Waals surface area contributed by atoms with Crippen LogP contribution in [0, 0.1) is 0 Å². The molecular formula is C20H27ClN4O4. The van der Waals surface area contributed by atoms with Crippen LogP contribution in [0.15, 0.2) is 36.5 Å². The predicted molar refractivity (Wildman–Crippen MR) is 107 cm³/mol. The molecule has 2 heterocycles. The van der Waals surface area contributed by atoms with Crippen molar-refractivity contribution in [2.45, 2.75) is 45.2 Å². The van der Waals surface area contributed by atoms with Crippen LogP contribution in [0.4, 0.5) is 4.79 Å². The maximum Gasteiger partial charge on any atom is 0.405 e. The summed E-state index contributed by atoms with van der Waals surface area (Å²) in [5.74, 6) is 0. The van der Waals surface area contributed by atoms with Crippen molar-refractivity contribution in [3.63, 3.8) is 0 Å². The predicted octanol–water partition coefficient (Wildman–Crippen LogP) is 4.06. The number of hydrogen-bond donors (Lipinski definition) is 0. The summed E-state index contributed by atoms with van der Waals surface area (Å²) in [7, 11) is 0. The quantitative estimate of drug-likeness (QED) is 0.445. The van der Waals surface area contributed by atoms with Crippen LogP contribution >= 0.6 is 11.6 Å². The molecule has 1 atom stereocenters. The number of aromatic nitrogens is 3. The van der Waals surface area contributed by atoms with E-state index < -0.39 is 17.9 Å². The van der Waals surface area contributed by atoms with Crippen LogP contribution in [-0.4, -0.2) is 51.6 Å². The molecule has 9 heteroatoms. The lowest BCUT2D eigenvalue weighted by atomic mass is 10.0. The Morgan fingerprint density at radius 2 is 1.83 bits per heavy atom. The highest BCUT2D eigenvalue weighted by Crippen LogP contribution is 2.30. The van der Waals surface area contributed by atoms with E-state index in [9.17, 15) is 4.79 Å². The first-order valence-corrected chi connectivity index (χ1v) is 10.3. The van der Waals surface area contributed by atoms with Crippen LogP contribution in [0.5, 0.6) is 0 Å². The number of likely N-dealkylation sites (tertiary alicyclic amines) is 1. The number of benzene rings is 1. The fourth-order valence-corrected chi connectivity index (χ4v) is 3.63. The third-order valence-corrected chi connectivity index (χ3v) is 4.99. The lowest BCUT2D eigenvalue weighted by Gasteiger charge is -2.36. The molecule has 1 saturated heterocycles. The maximum atomic E-state index is 11.4. The minimum absolute atomic E-state index is 0.208. The van der Waals surface area contributed by atoms with E-state index >= 15 is 0 Å². The summed E-state index contributed by atoms with van der Waals surface area (Å²) in [4.78, 5) is 13.5. The van der Waals surface area contributed by atoms with Crippen molar-refractivity contribution in [3.05, 3.63) is 47.8 Å². The zero-order valence-corrected chi connectivity index (χ0v) is 17.5. The summed E-state index contributed by atoms with van der Waals surface area (Å²) in [5.41, 5.74) is 0.772. The number of carbonyl (C=O) groups excluding carboxylic acids is 1. The van der Waals surface area contributed by atoms with E-state index in [0.29, 0.717) is 18.9 Å². The molecule has 0 aliphatic carbocycles. The standard InChI is InChI=1S/C20H27ClN4O4/c1-3-27-19(28-4-2)17-14-25(23-22-17)16-10-12-24(13-11-16)18(29-20(21)26)15-8-6-5-7-9-15/h5-9,14,16,18-19H,3-4,10-13H2,1-2H3. The Morgan fingerprint density at radius 3 is 2.41 bits per heavy atom. The Bertz CT molecular complexity index is 759. The monoisotopic (exact) mass is 422 g/mol. The smallest absolute Gasteiger partial charge is 0.405 e. The third-order valence-electron chi connectivity index (χ3n) is 4.90. The zero-order chi connectivity index (χ0) is 20.6. The van der Waals surface area contributed by atoms with Crippen molar-refractivity contribution in [3.8, 4) is 0 Å². The number of nitrogens with zero attached hydrogens (tertiary/aromatic N) is 4. The molecule has 0 bridgehead atoms. The number of halogens is 1. The average Bonchev–Trinajstić information content (AvgIpc) is 3.23. The Labute approximate surface area is 175 Å². The van der Waals surface area contributed by atoms with Crippen LogP contribution in [0.25, 0.3) is 0 Å². The molecule has 2 aromatic rings. The molecule has 1 aromatic carbocycles. The second-order valence-corrected chi connectivity index (χ2v) is 7.06. The SMILES string of the molecule is CCOC(OCC)c1cn(C2CCN(C(OC(=O)Cl)c3ccccc3)CC2)nn1. The van der Waals surface area contributed by atoms with Gasteiger partial charge in [0.25, 0.3) is 0 Å². The van der Waals surface area contributed by atoms with Gasteiger partial charge < -0.3 is 14.2 Å². The van der Waals surface area contributed by atoms with Gasteiger partial charge in [-0.2, -0.15) is 0 Å². The second kappa shape index (κ2) is 10.7. The van der Waals surface area contributed by atoms with Crippen molar-refractivity contribution in [1.82, 2.24) is 19.9 Å². The Morgan fingerprint density at radius 1 is 1.17 bits per heavy atom. The molecule has 158 valence electrons. The van der Waals surface area contributed by atoms with E-state index in [4.69, 9.17) is 25.8 Å². The van der Waals surface area contributed by atoms with E-state index in [0.717, 1.165) is 31.5 Å². The molecule has 0 spiro atoms. The highest BCUT2D eigenvalue weighted by Gasteiger charge is 2.30. The van der Waals surface area contributed by atoms with Gasteiger partial charge in [0.05, 0.1) is 12.2 Å². The van der Waals surface area contributed by atoms with Crippen molar-refractivity contribution >= 4 is 17.0 Å². The minimum atomic E-state index is -0.806. The molecule has 3 rings (SSSR count). The van der Waals surface area contributed by atoms with Gasteiger partial charge >= 0.3 is 5.43 Å². The van der Waals surface area contributed by atoms with Crippen molar-refractivity contribution in [1.29, 1.82) is 0 Å².